The molecule has 10 nitrogen and oxygen atoms in total. The van der Waals surface area contributed by atoms with E-state index in [9.17, 15) is 5.11 Å². The summed E-state index contributed by atoms with van der Waals surface area (Å²) in [6.07, 6.45) is 0. The predicted molar refractivity (Wildman–Crippen MR) is 198 cm³/mol. The number of anilines is 6. The van der Waals surface area contributed by atoms with Crippen LogP contribution in [0.1, 0.15) is 0 Å². The van der Waals surface area contributed by atoms with Gasteiger partial charge in [-0.1, -0.05) is 0 Å². The van der Waals surface area contributed by atoms with Crippen LogP contribution in [0, 0.1) is 0 Å². The van der Waals surface area contributed by atoms with Crippen LogP contribution in [-0.2, 0) is 0 Å². The zero-order chi connectivity index (χ0) is 34.0. The molecule has 248 valence electrons. The monoisotopic (exact) mass is 654 g/mol. The number of aliphatic hydroxyl groups is 1. The topological polar surface area (TPSA) is 144 Å². The second-order valence-corrected chi connectivity index (χ2v) is 11.2. The van der Waals surface area contributed by atoms with Crippen LogP contribution in [0.25, 0.3) is 0 Å². The average Bonchev–Trinajstić information content (AvgIpc) is 3.13. The summed E-state index contributed by atoms with van der Waals surface area (Å²) < 4.78 is 17.9. The molecule has 0 fully saturated rings. The predicted octanol–water partition coefficient (Wildman–Crippen LogP) is 8.10. The van der Waals surface area contributed by atoms with E-state index in [4.69, 9.17) is 31.4 Å². The fourth-order valence-corrected chi connectivity index (χ4v) is 4.93. The van der Waals surface area contributed by atoms with Crippen molar-refractivity contribution in [3.8, 4) is 34.5 Å². The number of aliphatic hydroxyl groups excluding tert-OH is 1. The molecule has 0 aliphatic carbocycles. The third kappa shape index (κ3) is 9.06. The van der Waals surface area contributed by atoms with Gasteiger partial charge in [0.1, 0.15) is 41.2 Å². The van der Waals surface area contributed by atoms with Crippen LogP contribution in [0.3, 0.4) is 0 Å². The van der Waals surface area contributed by atoms with E-state index < -0.39 is 0 Å². The van der Waals surface area contributed by atoms with Gasteiger partial charge in [0, 0.05) is 34.1 Å². The lowest BCUT2D eigenvalue weighted by Gasteiger charge is -2.33. The minimum absolute atomic E-state index is 0.204. The number of hydrogen-bond acceptors (Lipinski definition) is 10. The van der Waals surface area contributed by atoms with Gasteiger partial charge < -0.3 is 51.6 Å². The number of nitrogens with one attached hydrogen (secondary N) is 1. The Balaban J connectivity index is 1.16. The quantitative estimate of drug-likeness (QED) is 0.0577. The lowest BCUT2D eigenvalue weighted by atomic mass is 10.2. The Morgan fingerprint density at radius 2 is 0.735 bits per heavy atom. The Morgan fingerprint density at radius 1 is 0.429 bits per heavy atom. The zero-order valence-electron chi connectivity index (χ0n) is 26.8. The maximum absolute atomic E-state index is 10.5. The summed E-state index contributed by atoms with van der Waals surface area (Å²) in [5.41, 5.74) is 22.1. The van der Waals surface area contributed by atoms with Gasteiger partial charge in [0.2, 0.25) is 0 Å². The Morgan fingerprint density at radius 3 is 1.08 bits per heavy atom. The second kappa shape index (κ2) is 15.4. The normalized spacial score (nSPS) is 10.6. The largest absolute Gasteiger partial charge is 0.457 e. The third-order valence-electron chi connectivity index (χ3n) is 7.59. The van der Waals surface area contributed by atoms with Crippen LogP contribution in [0.5, 0.6) is 34.5 Å². The van der Waals surface area contributed by atoms with Gasteiger partial charge in [-0.05, 0) is 146 Å². The van der Waals surface area contributed by atoms with Crippen LogP contribution in [-0.4, -0.2) is 25.2 Å². The maximum atomic E-state index is 10.5. The Bertz CT molecular complexity index is 1900. The van der Waals surface area contributed by atoms with Crippen molar-refractivity contribution in [2.75, 3.05) is 52.4 Å². The summed E-state index contributed by atoms with van der Waals surface area (Å²) >= 11 is 0. The number of nitrogens with two attached hydrogens (primary N) is 3. The Labute approximate surface area is 285 Å². The van der Waals surface area contributed by atoms with E-state index in [1.807, 2.05) is 114 Å². The summed E-state index contributed by atoms with van der Waals surface area (Å²) in [5, 5.41) is 14.0. The molecular weight excluding hydrogens is 616 g/mol. The lowest BCUT2D eigenvalue weighted by molar-refractivity contribution is 0.290. The molecule has 8 N–H and O–H groups in total. The first kappa shape index (κ1) is 32.4. The summed E-state index contributed by atoms with van der Waals surface area (Å²) in [4.78, 5) is 3.97. The second-order valence-electron chi connectivity index (χ2n) is 11.2. The highest BCUT2D eigenvalue weighted by atomic mass is 16.5. The molecule has 0 spiro atoms. The fourth-order valence-electron chi connectivity index (χ4n) is 4.93. The molecule has 0 saturated heterocycles. The highest BCUT2D eigenvalue weighted by molar-refractivity contribution is 5.57. The molecule has 0 aromatic heterocycles. The van der Waals surface area contributed by atoms with Crippen molar-refractivity contribution in [2.24, 2.45) is 0 Å². The standard InChI is InChI=1S/C39H38N6O4/c40-28-1-13-34(14-2-28)47-37-19-7-31(8-20-37)43-25-44(32-9-21-38(22-10-32)48-35-15-3-29(41)4-16-35)26-45(27-46)33-11-23-39(24-12-33)49-36-17-5-30(42)6-18-36/h1-24,43,46H,25-27,40-42H2. The first-order valence-electron chi connectivity index (χ1n) is 15.7. The highest BCUT2D eigenvalue weighted by Gasteiger charge is 2.14. The third-order valence-corrected chi connectivity index (χ3v) is 7.59. The number of rotatable bonds is 14. The van der Waals surface area contributed by atoms with Gasteiger partial charge in [0.25, 0.3) is 0 Å². The number of hydrogen-bond donors (Lipinski definition) is 5. The maximum Gasteiger partial charge on any atom is 0.127 e. The van der Waals surface area contributed by atoms with E-state index in [2.05, 4.69) is 10.2 Å². The summed E-state index contributed by atoms with van der Waals surface area (Å²) in [6, 6.07) is 44.8. The van der Waals surface area contributed by atoms with E-state index in [0.29, 0.717) is 64.9 Å². The van der Waals surface area contributed by atoms with Gasteiger partial charge in [-0.2, -0.15) is 0 Å². The van der Waals surface area contributed by atoms with E-state index in [1.165, 1.54) is 0 Å². The lowest BCUT2D eigenvalue weighted by Crippen LogP contribution is -2.41. The molecule has 6 aromatic carbocycles. The van der Waals surface area contributed by atoms with Crippen LogP contribution in [0.2, 0.25) is 0 Å². The van der Waals surface area contributed by atoms with E-state index in [0.717, 1.165) is 17.1 Å². The van der Waals surface area contributed by atoms with E-state index in [1.54, 1.807) is 36.4 Å². The van der Waals surface area contributed by atoms with Crippen molar-refractivity contribution in [2.45, 2.75) is 0 Å². The molecule has 10 heteroatoms. The van der Waals surface area contributed by atoms with Crippen LogP contribution in [0.4, 0.5) is 34.1 Å². The van der Waals surface area contributed by atoms with Gasteiger partial charge in [-0.15, -0.1) is 0 Å². The van der Waals surface area contributed by atoms with Gasteiger partial charge >= 0.3 is 0 Å². The highest BCUT2D eigenvalue weighted by Crippen LogP contribution is 2.29. The Hall–Kier alpha value is -6.52. The molecule has 6 aromatic rings. The van der Waals surface area contributed by atoms with Gasteiger partial charge in [-0.25, -0.2) is 0 Å². The molecule has 0 heterocycles. The molecule has 0 amide bonds. The fraction of sp³-hybridized carbons (Fsp3) is 0.0769. The van der Waals surface area contributed by atoms with Crippen molar-refractivity contribution in [1.29, 1.82) is 0 Å². The molecule has 49 heavy (non-hydrogen) atoms. The molecule has 0 atom stereocenters. The number of nitrogen functional groups attached to an aromatic ring is 3. The number of nitrogens with zero attached hydrogens (tertiary/aromatic N) is 2. The summed E-state index contributed by atoms with van der Waals surface area (Å²) in [5.74, 6) is 4.16. The molecule has 0 bridgehead atoms. The molecule has 6 rings (SSSR count). The minimum atomic E-state index is -0.204. The number of ether oxygens (including phenoxy) is 3. The van der Waals surface area contributed by atoms with Crippen LogP contribution >= 0.6 is 0 Å². The van der Waals surface area contributed by atoms with E-state index in [-0.39, 0.29) is 6.73 Å². The Kier molecular flexibility index (Phi) is 10.2. The van der Waals surface area contributed by atoms with Crippen LogP contribution in [0.15, 0.2) is 146 Å². The van der Waals surface area contributed by atoms with Crippen molar-refractivity contribution in [1.82, 2.24) is 0 Å². The van der Waals surface area contributed by atoms with E-state index >= 15 is 0 Å². The van der Waals surface area contributed by atoms with Crippen molar-refractivity contribution >= 4 is 34.1 Å². The van der Waals surface area contributed by atoms with Gasteiger partial charge in [0.15, 0.2) is 0 Å². The first-order valence-corrected chi connectivity index (χ1v) is 15.7. The van der Waals surface area contributed by atoms with Gasteiger partial charge in [-0.3, -0.25) is 0 Å². The molecule has 0 aliphatic rings. The van der Waals surface area contributed by atoms with Crippen molar-refractivity contribution < 1.29 is 19.3 Å². The summed E-state index contributed by atoms with van der Waals surface area (Å²) in [7, 11) is 0. The first-order chi connectivity index (χ1) is 23.9. The molecular formula is C39H38N6O4. The SMILES string of the molecule is Nc1ccc(Oc2ccc(NCN(CN(CO)c3ccc(Oc4ccc(N)cc4)cc3)c3ccc(Oc4ccc(N)cc4)cc3)cc2)cc1. The molecule has 0 aliphatic heterocycles. The van der Waals surface area contributed by atoms with Crippen LogP contribution < -0.4 is 46.5 Å². The smallest absolute Gasteiger partial charge is 0.127 e. The zero-order valence-corrected chi connectivity index (χ0v) is 26.8. The molecule has 0 unspecified atom stereocenters. The molecule has 0 radical (unpaired) electrons. The average molecular weight is 655 g/mol. The van der Waals surface area contributed by atoms with Gasteiger partial charge in [0.05, 0.1) is 13.3 Å². The van der Waals surface area contributed by atoms with Crippen molar-refractivity contribution in [3.05, 3.63) is 146 Å². The van der Waals surface area contributed by atoms with Crippen molar-refractivity contribution in [3.63, 3.8) is 0 Å². The number of benzene rings is 6. The molecule has 0 saturated carbocycles. The summed E-state index contributed by atoms with van der Waals surface area (Å²) in [6.45, 7) is 0.605. The minimum Gasteiger partial charge on any atom is -0.457 e.